The Morgan fingerprint density at radius 3 is 2.25 bits per heavy atom. The van der Waals surface area contributed by atoms with E-state index in [1.54, 1.807) is 5.01 Å². The maximum absolute atomic E-state index is 5.42. The SMILES string of the molecule is CC=C(CC)N(C)N. The van der Waals surface area contributed by atoms with Gasteiger partial charge in [-0.25, -0.2) is 5.84 Å². The van der Waals surface area contributed by atoms with Crippen molar-refractivity contribution in [1.82, 2.24) is 5.01 Å². The summed E-state index contributed by atoms with van der Waals surface area (Å²) in [5.41, 5.74) is 1.17. The lowest BCUT2D eigenvalue weighted by atomic mass is 10.3. The first-order valence-electron chi connectivity index (χ1n) is 2.86. The van der Waals surface area contributed by atoms with Crippen LogP contribution in [-0.4, -0.2) is 12.1 Å². The Morgan fingerprint density at radius 2 is 2.25 bits per heavy atom. The van der Waals surface area contributed by atoms with Gasteiger partial charge in [-0.05, 0) is 13.3 Å². The molecular weight excluding hydrogens is 100 g/mol. The lowest BCUT2D eigenvalue weighted by molar-refractivity contribution is 0.426. The molecule has 2 N–H and O–H groups in total. The first kappa shape index (κ1) is 7.50. The maximum atomic E-state index is 5.42. The van der Waals surface area contributed by atoms with Gasteiger partial charge in [-0.2, -0.15) is 0 Å². The second-order valence-electron chi connectivity index (χ2n) is 1.74. The van der Waals surface area contributed by atoms with Crippen LogP contribution in [0.4, 0.5) is 0 Å². The normalized spacial score (nSPS) is 11.8. The summed E-state index contributed by atoms with van der Waals surface area (Å²) in [5.74, 6) is 5.42. The fraction of sp³-hybridized carbons (Fsp3) is 0.667. The molecule has 0 bridgehead atoms. The summed E-state index contributed by atoms with van der Waals surface area (Å²) in [4.78, 5) is 0. The smallest absolute Gasteiger partial charge is 0.0242 e. The molecule has 8 heavy (non-hydrogen) atoms. The van der Waals surface area contributed by atoms with Gasteiger partial charge in [0.1, 0.15) is 0 Å². The Morgan fingerprint density at radius 1 is 1.75 bits per heavy atom. The predicted octanol–water partition coefficient (Wildman–Crippen LogP) is 1.11. The molecule has 2 nitrogen and oxygen atoms in total. The molecule has 0 rings (SSSR count). The van der Waals surface area contributed by atoms with E-state index in [1.807, 2.05) is 20.0 Å². The summed E-state index contributed by atoms with van der Waals surface area (Å²) in [6.07, 6.45) is 3.02. The van der Waals surface area contributed by atoms with Crippen LogP contribution in [0, 0.1) is 0 Å². The molecule has 0 amide bonds. The topological polar surface area (TPSA) is 29.3 Å². The van der Waals surface area contributed by atoms with Crippen LogP contribution in [-0.2, 0) is 0 Å². The van der Waals surface area contributed by atoms with Crippen molar-refractivity contribution < 1.29 is 0 Å². The predicted molar refractivity (Wildman–Crippen MR) is 36.0 cm³/mol. The van der Waals surface area contributed by atoms with Crippen molar-refractivity contribution in [1.29, 1.82) is 0 Å². The minimum Gasteiger partial charge on any atom is -0.319 e. The van der Waals surface area contributed by atoms with E-state index in [9.17, 15) is 0 Å². The van der Waals surface area contributed by atoms with E-state index in [-0.39, 0.29) is 0 Å². The summed E-state index contributed by atoms with van der Waals surface area (Å²) >= 11 is 0. The van der Waals surface area contributed by atoms with Crippen molar-refractivity contribution in [3.8, 4) is 0 Å². The Bertz CT molecular complexity index is 84.5. The summed E-state index contributed by atoms with van der Waals surface area (Å²) in [5, 5.41) is 1.64. The largest absolute Gasteiger partial charge is 0.319 e. The van der Waals surface area contributed by atoms with E-state index in [1.165, 1.54) is 5.70 Å². The van der Waals surface area contributed by atoms with Gasteiger partial charge in [-0.1, -0.05) is 13.0 Å². The van der Waals surface area contributed by atoms with Crippen LogP contribution >= 0.6 is 0 Å². The van der Waals surface area contributed by atoms with E-state index in [4.69, 9.17) is 5.84 Å². The highest BCUT2D eigenvalue weighted by atomic mass is 15.4. The van der Waals surface area contributed by atoms with E-state index >= 15 is 0 Å². The molecule has 2 heteroatoms. The molecule has 0 aliphatic rings. The Balaban J connectivity index is 3.72. The van der Waals surface area contributed by atoms with Crippen molar-refractivity contribution in [2.24, 2.45) is 5.84 Å². The molecule has 48 valence electrons. The van der Waals surface area contributed by atoms with Crippen molar-refractivity contribution in [3.05, 3.63) is 11.8 Å². The van der Waals surface area contributed by atoms with Crippen molar-refractivity contribution in [2.75, 3.05) is 7.05 Å². The third-order valence-electron chi connectivity index (χ3n) is 1.15. The fourth-order valence-electron chi connectivity index (χ4n) is 0.657. The van der Waals surface area contributed by atoms with Gasteiger partial charge in [0.25, 0.3) is 0 Å². The minimum atomic E-state index is 1.00. The molecule has 0 heterocycles. The van der Waals surface area contributed by atoms with Crippen molar-refractivity contribution in [3.63, 3.8) is 0 Å². The van der Waals surface area contributed by atoms with Gasteiger partial charge >= 0.3 is 0 Å². The highest BCUT2D eigenvalue weighted by molar-refractivity contribution is 4.94. The number of nitrogens with zero attached hydrogens (tertiary/aromatic N) is 1. The number of nitrogens with two attached hydrogens (primary N) is 1. The third kappa shape index (κ3) is 1.98. The molecule has 0 aromatic carbocycles. The van der Waals surface area contributed by atoms with Crippen molar-refractivity contribution in [2.45, 2.75) is 20.3 Å². The van der Waals surface area contributed by atoms with E-state index < -0.39 is 0 Å². The molecule has 0 atom stereocenters. The van der Waals surface area contributed by atoms with Gasteiger partial charge in [0.15, 0.2) is 0 Å². The highest BCUT2D eigenvalue weighted by Crippen LogP contribution is 1.98. The van der Waals surface area contributed by atoms with E-state index in [2.05, 4.69) is 6.92 Å². The van der Waals surface area contributed by atoms with Crippen LogP contribution in [0.5, 0.6) is 0 Å². The lowest BCUT2D eigenvalue weighted by Gasteiger charge is -2.13. The number of hydrogen-bond donors (Lipinski definition) is 1. The van der Waals surface area contributed by atoms with Gasteiger partial charge in [-0.15, -0.1) is 0 Å². The van der Waals surface area contributed by atoms with Crippen LogP contribution in [0.1, 0.15) is 20.3 Å². The third-order valence-corrected chi connectivity index (χ3v) is 1.15. The van der Waals surface area contributed by atoms with Crippen LogP contribution in [0.3, 0.4) is 0 Å². The monoisotopic (exact) mass is 114 g/mol. The average Bonchev–Trinajstić information content (AvgIpc) is 1.69. The average molecular weight is 114 g/mol. The minimum absolute atomic E-state index is 1.00. The van der Waals surface area contributed by atoms with Crippen LogP contribution in [0.2, 0.25) is 0 Å². The van der Waals surface area contributed by atoms with Crippen molar-refractivity contribution >= 4 is 0 Å². The molecule has 0 spiro atoms. The van der Waals surface area contributed by atoms with E-state index in [0.717, 1.165) is 6.42 Å². The molecule has 0 fully saturated rings. The zero-order valence-corrected chi connectivity index (χ0v) is 5.81. The molecular formula is C6H14N2. The van der Waals surface area contributed by atoms with Gasteiger partial charge in [0.05, 0.1) is 0 Å². The molecule has 0 aromatic heterocycles. The lowest BCUT2D eigenvalue weighted by Crippen LogP contribution is -2.24. The molecule has 0 radical (unpaired) electrons. The summed E-state index contributed by atoms with van der Waals surface area (Å²) in [6, 6.07) is 0. The summed E-state index contributed by atoms with van der Waals surface area (Å²) in [6.45, 7) is 4.07. The van der Waals surface area contributed by atoms with Gasteiger partial charge in [0, 0.05) is 12.7 Å². The van der Waals surface area contributed by atoms with Crippen LogP contribution < -0.4 is 5.84 Å². The molecule has 0 saturated heterocycles. The molecule has 0 aromatic rings. The molecule has 0 saturated carbocycles. The quantitative estimate of drug-likeness (QED) is 0.430. The molecule has 0 aliphatic carbocycles. The number of rotatable bonds is 2. The van der Waals surface area contributed by atoms with Gasteiger partial charge in [-0.3, -0.25) is 0 Å². The fourth-order valence-corrected chi connectivity index (χ4v) is 0.657. The first-order chi connectivity index (χ1) is 3.72. The second kappa shape index (κ2) is 3.50. The standard InChI is InChI=1S/C6H14N2/c1-4-6(5-2)8(3)7/h4H,5,7H2,1-3H3. The summed E-state index contributed by atoms with van der Waals surface area (Å²) < 4.78 is 0. The zero-order valence-electron chi connectivity index (χ0n) is 5.81. The van der Waals surface area contributed by atoms with Gasteiger partial charge in [0.2, 0.25) is 0 Å². The van der Waals surface area contributed by atoms with Crippen LogP contribution in [0.25, 0.3) is 0 Å². The zero-order chi connectivity index (χ0) is 6.57. The second-order valence-corrected chi connectivity index (χ2v) is 1.74. The number of hydrazine groups is 1. The van der Waals surface area contributed by atoms with Gasteiger partial charge < -0.3 is 5.01 Å². The number of allylic oxidation sites excluding steroid dienone is 2. The molecule has 0 unspecified atom stereocenters. The number of hydrogen-bond acceptors (Lipinski definition) is 2. The maximum Gasteiger partial charge on any atom is 0.0242 e. The van der Waals surface area contributed by atoms with E-state index in [0.29, 0.717) is 0 Å². The Hall–Kier alpha value is -0.500. The van der Waals surface area contributed by atoms with Crippen LogP contribution in [0.15, 0.2) is 11.8 Å². The summed E-state index contributed by atoms with van der Waals surface area (Å²) in [7, 11) is 1.85. The Kier molecular flexibility index (Phi) is 3.28. The first-order valence-corrected chi connectivity index (χ1v) is 2.86. The molecule has 0 aliphatic heterocycles. The highest BCUT2D eigenvalue weighted by Gasteiger charge is 1.90. The Labute approximate surface area is 50.9 Å².